The van der Waals surface area contributed by atoms with E-state index in [1.807, 2.05) is 20.8 Å². The fourth-order valence-electron chi connectivity index (χ4n) is 2.10. The molecule has 1 aliphatic rings. The highest BCUT2D eigenvalue weighted by Gasteiger charge is 2.38. The molecule has 1 N–H and O–H groups in total. The molecule has 0 spiro atoms. The molecule has 1 unspecified atom stereocenters. The summed E-state index contributed by atoms with van der Waals surface area (Å²) in [6, 6.07) is -0.0327. The first kappa shape index (κ1) is 14.9. The van der Waals surface area contributed by atoms with Gasteiger partial charge in [0.1, 0.15) is 5.69 Å². The van der Waals surface area contributed by atoms with E-state index in [-0.39, 0.29) is 23.5 Å². The van der Waals surface area contributed by atoms with Crippen molar-refractivity contribution in [2.75, 3.05) is 18.5 Å². The second-order valence-electron chi connectivity index (χ2n) is 5.35. The summed E-state index contributed by atoms with van der Waals surface area (Å²) in [5, 5.41) is 4.70. The average molecular weight is 297 g/mol. The van der Waals surface area contributed by atoms with Crippen LogP contribution in [-0.2, 0) is 9.53 Å². The number of carbonyl (C=O) groups is 2. The summed E-state index contributed by atoms with van der Waals surface area (Å²) in [4.78, 5) is 29.4. The van der Waals surface area contributed by atoms with Gasteiger partial charge in [-0.2, -0.15) is 0 Å². The van der Waals surface area contributed by atoms with Crippen LogP contribution in [0.3, 0.4) is 0 Å². The van der Waals surface area contributed by atoms with Gasteiger partial charge in [-0.3, -0.25) is 9.59 Å². The van der Waals surface area contributed by atoms with Gasteiger partial charge in [0.05, 0.1) is 18.2 Å². The lowest BCUT2D eigenvalue weighted by Crippen LogP contribution is -2.57. The van der Waals surface area contributed by atoms with Crippen molar-refractivity contribution in [1.29, 1.82) is 0 Å². The molecule has 1 saturated heterocycles. The van der Waals surface area contributed by atoms with Gasteiger partial charge in [-0.1, -0.05) is 0 Å². The molecule has 110 valence electrons. The van der Waals surface area contributed by atoms with Gasteiger partial charge in [0, 0.05) is 18.8 Å². The lowest BCUT2D eigenvalue weighted by Gasteiger charge is -2.44. The molecule has 7 heteroatoms. The average Bonchev–Trinajstić information content (AvgIpc) is 2.79. The van der Waals surface area contributed by atoms with E-state index in [1.165, 1.54) is 18.3 Å². The fraction of sp³-hybridized carbons (Fsp3) is 0.615. The number of amides is 2. The van der Waals surface area contributed by atoms with Gasteiger partial charge in [-0.15, -0.1) is 11.3 Å². The summed E-state index contributed by atoms with van der Waals surface area (Å²) in [6.45, 7) is 8.40. The molecule has 1 fully saturated rings. The predicted molar refractivity (Wildman–Crippen MR) is 76.9 cm³/mol. The molecule has 0 bridgehead atoms. The third kappa shape index (κ3) is 2.99. The number of anilines is 1. The topological polar surface area (TPSA) is 71.5 Å². The number of ether oxygens (including phenoxy) is 1. The minimum absolute atomic E-state index is 0.0327. The Morgan fingerprint density at radius 1 is 1.55 bits per heavy atom. The van der Waals surface area contributed by atoms with Crippen LogP contribution in [0.2, 0.25) is 0 Å². The van der Waals surface area contributed by atoms with Gasteiger partial charge in [0.2, 0.25) is 5.91 Å². The van der Waals surface area contributed by atoms with Gasteiger partial charge in [0.25, 0.3) is 5.91 Å². The molecule has 2 heterocycles. The minimum Gasteiger partial charge on any atom is -0.372 e. The molecule has 1 aromatic heterocycles. The second-order valence-corrected chi connectivity index (χ2v) is 6.20. The number of thiazole rings is 1. The van der Waals surface area contributed by atoms with Crippen molar-refractivity contribution in [2.24, 2.45) is 0 Å². The number of carbonyl (C=O) groups excluding carboxylic acids is 2. The number of aromatic nitrogens is 1. The molecule has 20 heavy (non-hydrogen) atoms. The lowest BCUT2D eigenvalue weighted by atomic mass is 9.96. The quantitative estimate of drug-likeness (QED) is 0.902. The smallest absolute Gasteiger partial charge is 0.273 e. The Morgan fingerprint density at radius 3 is 2.90 bits per heavy atom. The lowest BCUT2D eigenvalue weighted by molar-refractivity contribution is -0.114. The van der Waals surface area contributed by atoms with Crippen LogP contribution >= 0.6 is 11.3 Å². The molecule has 2 rings (SSSR count). The summed E-state index contributed by atoms with van der Waals surface area (Å²) < 4.78 is 5.68. The summed E-state index contributed by atoms with van der Waals surface area (Å²) in [7, 11) is 0. The van der Waals surface area contributed by atoms with Crippen LogP contribution < -0.4 is 5.32 Å². The largest absolute Gasteiger partial charge is 0.372 e. The van der Waals surface area contributed by atoms with Crippen LogP contribution in [0.1, 0.15) is 38.2 Å². The van der Waals surface area contributed by atoms with E-state index < -0.39 is 0 Å². The van der Waals surface area contributed by atoms with Crippen LogP contribution in [0.25, 0.3) is 0 Å². The fourth-order valence-corrected chi connectivity index (χ4v) is 2.83. The van der Waals surface area contributed by atoms with E-state index in [0.717, 1.165) is 0 Å². The zero-order chi connectivity index (χ0) is 14.9. The maximum atomic E-state index is 12.5. The Balaban J connectivity index is 2.14. The molecule has 0 saturated carbocycles. The zero-order valence-corrected chi connectivity index (χ0v) is 12.9. The minimum atomic E-state index is -0.371. The number of rotatable bonds is 2. The number of nitrogens with one attached hydrogen (secondary N) is 1. The number of morpholine rings is 1. The van der Waals surface area contributed by atoms with Crippen molar-refractivity contribution in [3.63, 3.8) is 0 Å². The first-order valence-corrected chi connectivity index (χ1v) is 7.37. The number of nitrogens with zero attached hydrogens (tertiary/aromatic N) is 2. The highest BCUT2D eigenvalue weighted by Crippen LogP contribution is 2.26. The normalized spacial score (nSPS) is 21.6. The SMILES string of the molecule is CC(=O)Nc1nc(C(=O)N2CCOC(C)(C)C2C)cs1. The zero-order valence-electron chi connectivity index (χ0n) is 12.1. The van der Waals surface area contributed by atoms with Crippen LogP contribution in [-0.4, -0.2) is 46.5 Å². The maximum Gasteiger partial charge on any atom is 0.273 e. The van der Waals surface area contributed by atoms with Crippen molar-refractivity contribution in [3.8, 4) is 0 Å². The molecular formula is C13H19N3O3S. The monoisotopic (exact) mass is 297 g/mol. The van der Waals surface area contributed by atoms with E-state index >= 15 is 0 Å². The molecule has 0 aromatic carbocycles. The molecule has 6 nitrogen and oxygen atoms in total. The Hall–Kier alpha value is -1.47. The first-order chi connectivity index (χ1) is 9.31. The van der Waals surface area contributed by atoms with E-state index in [4.69, 9.17) is 4.74 Å². The number of hydrogen-bond acceptors (Lipinski definition) is 5. The highest BCUT2D eigenvalue weighted by molar-refractivity contribution is 7.14. The molecule has 0 aliphatic carbocycles. The van der Waals surface area contributed by atoms with Crippen LogP contribution in [0.15, 0.2) is 5.38 Å². The van der Waals surface area contributed by atoms with Gasteiger partial charge >= 0.3 is 0 Å². The summed E-state index contributed by atoms with van der Waals surface area (Å²) in [6.07, 6.45) is 0. The first-order valence-electron chi connectivity index (χ1n) is 6.49. The molecular weight excluding hydrogens is 278 g/mol. The standard InChI is InChI=1S/C13H19N3O3S/c1-8-13(3,4)19-6-5-16(8)11(18)10-7-20-12(15-10)14-9(2)17/h7-8H,5-6H2,1-4H3,(H,14,15,17). The summed E-state index contributed by atoms with van der Waals surface area (Å²) in [5.74, 6) is -0.319. The Morgan fingerprint density at radius 2 is 2.25 bits per heavy atom. The van der Waals surface area contributed by atoms with Gasteiger partial charge < -0.3 is 15.0 Å². The van der Waals surface area contributed by atoms with Crippen molar-refractivity contribution in [2.45, 2.75) is 39.3 Å². The highest BCUT2D eigenvalue weighted by atomic mass is 32.1. The molecule has 1 aromatic rings. The van der Waals surface area contributed by atoms with Crippen LogP contribution in [0.5, 0.6) is 0 Å². The van der Waals surface area contributed by atoms with E-state index in [1.54, 1.807) is 10.3 Å². The van der Waals surface area contributed by atoms with E-state index in [0.29, 0.717) is 24.0 Å². The second kappa shape index (κ2) is 5.49. The van der Waals surface area contributed by atoms with Crippen LogP contribution in [0.4, 0.5) is 5.13 Å². The Bertz CT molecular complexity index is 527. The molecule has 2 amide bonds. The predicted octanol–water partition coefficient (Wildman–Crippen LogP) is 1.74. The Kier molecular flexibility index (Phi) is 4.10. The third-order valence-electron chi connectivity index (χ3n) is 3.55. The van der Waals surface area contributed by atoms with Crippen molar-refractivity contribution >= 4 is 28.3 Å². The molecule has 1 atom stereocenters. The van der Waals surface area contributed by atoms with E-state index in [2.05, 4.69) is 10.3 Å². The molecule has 1 aliphatic heterocycles. The number of hydrogen-bond donors (Lipinski definition) is 1. The van der Waals surface area contributed by atoms with Crippen molar-refractivity contribution in [1.82, 2.24) is 9.88 Å². The third-order valence-corrected chi connectivity index (χ3v) is 4.30. The van der Waals surface area contributed by atoms with Gasteiger partial charge in [-0.05, 0) is 20.8 Å². The van der Waals surface area contributed by atoms with Crippen molar-refractivity contribution in [3.05, 3.63) is 11.1 Å². The van der Waals surface area contributed by atoms with Crippen molar-refractivity contribution < 1.29 is 14.3 Å². The molecule has 0 radical (unpaired) electrons. The summed E-state index contributed by atoms with van der Waals surface area (Å²) in [5.41, 5.74) is -0.00647. The van der Waals surface area contributed by atoms with Gasteiger partial charge in [-0.25, -0.2) is 4.98 Å². The summed E-state index contributed by atoms with van der Waals surface area (Å²) >= 11 is 1.25. The maximum absolute atomic E-state index is 12.5. The van der Waals surface area contributed by atoms with Gasteiger partial charge in [0.15, 0.2) is 5.13 Å². The van der Waals surface area contributed by atoms with E-state index in [9.17, 15) is 9.59 Å². The Labute approximate surface area is 122 Å². The van der Waals surface area contributed by atoms with Crippen LogP contribution in [0, 0.1) is 0 Å².